The third kappa shape index (κ3) is 2.09. The summed E-state index contributed by atoms with van der Waals surface area (Å²) in [6.45, 7) is 1.93. The number of nitrogen functional groups attached to an aromatic ring is 1. The molecule has 19 heavy (non-hydrogen) atoms. The van der Waals surface area contributed by atoms with E-state index in [0.29, 0.717) is 11.0 Å². The van der Waals surface area contributed by atoms with Crippen molar-refractivity contribution in [1.29, 1.82) is 0 Å². The highest BCUT2D eigenvalue weighted by Crippen LogP contribution is 2.29. The van der Waals surface area contributed by atoms with Gasteiger partial charge in [0.05, 0.1) is 5.69 Å². The number of nitrogens with two attached hydrogens (primary N) is 1. The minimum Gasteiger partial charge on any atom is -0.369 e. The van der Waals surface area contributed by atoms with Gasteiger partial charge >= 0.3 is 0 Å². The lowest BCUT2D eigenvalue weighted by Gasteiger charge is -2.09. The molecule has 3 rings (SSSR count). The van der Waals surface area contributed by atoms with Crippen LogP contribution in [0.3, 0.4) is 0 Å². The van der Waals surface area contributed by atoms with E-state index in [4.69, 9.17) is 17.3 Å². The molecule has 0 unspecified atom stereocenters. The number of anilines is 1. The lowest BCUT2D eigenvalue weighted by Crippen LogP contribution is -2.02. The molecule has 0 spiro atoms. The Labute approximate surface area is 123 Å². The largest absolute Gasteiger partial charge is 0.369 e. The van der Waals surface area contributed by atoms with Gasteiger partial charge in [-0.3, -0.25) is 4.57 Å². The Hall–Kier alpha value is -1.59. The van der Waals surface area contributed by atoms with Crippen LogP contribution in [-0.4, -0.2) is 14.5 Å². The number of aryl methyl sites for hydroxylation is 1. The van der Waals surface area contributed by atoms with Gasteiger partial charge in [-0.25, -0.2) is 9.97 Å². The standard InChI is InChI=1S/C13H10BrClN4/c1-7-2-5-10-12(17-7)19(13(16)18-10)11-6-8(15)3-4-9(11)14/h2-6H,1H3,(H2,16,18). The zero-order valence-electron chi connectivity index (χ0n) is 10.1. The zero-order chi connectivity index (χ0) is 13.6. The maximum Gasteiger partial charge on any atom is 0.207 e. The predicted octanol–water partition coefficient (Wildman–Crippen LogP) is 3.73. The second-order valence-electron chi connectivity index (χ2n) is 4.20. The number of fused-ring (bicyclic) bond motifs is 1. The van der Waals surface area contributed by atoms with Gasteiger partial charge in [-0.2, -0.15) is 0 Å². The van der Waals surface area contributed by atoms with Crippen molar-refractivity contribution in [2.75, 3.05) is 5.73 Å². The average molecular weight is 338 g/mol. The maximum absolute atomic E-state index is 6.05. The summed E-state index contributed by atoms with van der Waals surface area (Å²) in [7, 11) is 0. The molecule has 2 aromatic heterocycles. The van der Waals surface area contributed by atoms with Gasteiger partial charge in [0.25, 0.3) is 0 Å². The van der Waals surface area contributed by atoms with Gasteiger partial charge in [0, 0.05) is 15.2 Å². The SMILES string of the molecule is Cc1ccc2nc(N)n(-c3cc(Cl)ccc3Br)c2n1. The van der Waals surface area contributed by atoms with Crippen LogP contribution in [0.15, 0.2) is 34.8 Å². The first-order chi connectivity index (χ1) is 9.06. The summed E-state index contributed by atoms with van der Waals surface area (Å²) in [5.41, 5.74) is 9.22. The molecule has 4 nitrogen and oxygen atoms in total. The Morgan fingerprint density at radius 1 is 1.21 bits per heavy atom. The molecule has 0 amide bonds. The highest BCUT2D eigenvalue weighted by molar-refractivity contribution is 9.10. The molecular formula is C13H10BrClN4. The van der Waals surface area contributed by atoms with Gasteiger partial charge in [0.2, 0.25) is 5.95 Å². The summed E-state index contributed by atoms with van der Waals surface area (Å²) in [6, 6.07) is 9.32. The van der Waals surface area contributed by atoms with E-state index >= 15 is 0 Å². The number of halogens is 2. The number of pyridine rings is 1. The molecule has 1 aromatic carbocycles. The molecule has 2 heterocycles. The first-order valence-electron chi connectivity index (χ1n) is 5.63. The first-order valence-corrected chi connectivity index (χ1v) is 6.80. The number of aromatic nitrogens is 3. The van der Waals surface area contributed by atoms with E-state index in [-0.39, 0.29) is 0 Å². The monoisotopic (exact) mass is 336 g/mol. The molecule has 0 saturated heterocycles. The van der Waals surface area contributed by atoms with E-state index in [1.807, 2.05) is 37.3 Å². The number of imidazole rings is 1. The normalized spacial score (nSPS) is 11.1. The van der Waals surface area contributed by atoms with Crippen molar-refractivity contribution in [3.8, 4) is 5.69 Å². The Morgan fingerprint density at radius 3 is 2.79 bits per heavy atom. The number of nitrogens with zero attached hydrogens (tertiary/aromatic N) is 3. The maximum atomic E-state index is 6.05. The molecule has 0 radical (unpaired) electrons. The van der Waals surface area contributed by atoms with E-state index < -0.39 is 0 Å². The van der Waals surface area contributed by atoms with Gasteiger partial charge in [0.1, 0.15) is 5.52 Å². The molecule has 0 atom stereocenters. The summed E-state index contributed by atoms with van der Waals surface area (Å²) in [5, 5.41) is 0.632. The van der Waals surface area contributed by atoms with Gasteiger partial charge in [-0.05, 0) is 53.2 Å². The van der Waals surface area contributed by atoms with Crippen molar-refractivity contribution in [3.05, 3.63) is 45.5 Å². The smallest absolute Gasteiger partial charge is 0.207 e. The summed E-state index contributed by atoms with van der Waals surface area (Å²) in [4.78, 5) is 8.82. The molecule has 0 aliphatic carbocycles. The van der Waals surface area contributed by atoms with Crippen LogP contribution in [0.4, 0.5) is 5.95 Å². The fourth-order valence-electron chi connectivity index (χ4n) is 1.96. The summed E-state index contributed by atoms with van der Waals surface area (Å²) < 4.78 is 2.67. The van der Waals surface area contributed by atoms with Crippen molar-refractivity contribution < 1.29 is 0 Å². The number of hydrogen-bond donors (Lipinski definition) is 1. The van der Waals surface area contributed by atoms with Gasteiger partial charge in [-0.1, -0.05) is 11.6 Å². The molecule has 0 aliphatic rings. The Bertz CT molecular complexity index is 782. The summed E-state index contributed by atoms with van der Waals surface area (Å²) in [5.74, 6) is 0.385. The van der Waals surface area contributed by atoms with Crippen LogP contribution in [-0.2, 0) is 0 Å². The average Bonchev–Trinajstić information content (AvgIpc) is 2.68. The van der Waals surface area contributed by atoms with E-state index in [0.717, 1.165) is 27.0 Å². The minimum absolute atomic E-state index is 0.385. The fraction of sp³-hybridized carbons (Fsp3) is 0.0769. The molecule has 0 bridgehead atoms. The lowest BCUT2D eigenvalue weighted by molar-refractivity contribution is 1.07. The summed E-state index contributed by atoms with van der Waals surface area (Å²) in [6.07, 6.45) is 0. The second kappa shape index (κ2) is 4.51. The number of benzene rings is 1. The van der Waals surface area contributed by atoms with Crippen molar-refractivity contribution in [3.63, 3.8) is 0 Å². The van der Waals surface area contributed by atoms with E-state index in [2.05, 4.69) is 25.9 Å². The Kier molecular flexibility index (Phi) is 2.95. The predicted molar refractivity (Wildman–Crippen MR) is 80.7 cm³/mol. The summed E-state index contributed by atoms with van der Waals surface area (Å²) >= 11 is 9.55. The van der Waals surface area contributed by atoms with Crippen LogP contribution in [0.5, 0.6) is 0 Å². The number of hydrogen-bond acceptors (Lipinski definition) is 3. The van der Waals surface area contributed by atoms with Gasteiger partial charge in [-0.15, -0.1) is 0 Å². The third-order valence-electron chi connectivity index (χ3n) is 2.82. The Balaban J connectivity index is 2.38. The van der Waals surface area contributed by atoms with Crippen molar-refractivity contribution in [1.82, 2.24) is 14.5 Å². The van der Waals surface area contributed by atoms with E-state index in [1.165, 1.54) is 0 Å². The molecule has 6 heteroatoms. The quantitative estimate of drug-likeness (QED) is 0.736. The molecule has 96 valence electrons. The molecule has 0 saturated carbocycles. The van der Waals surface area contributed by atoms with Gasteiger partial charge < -0.3 is 5.73 Å². The van der Waals surface area contributed by atoms with Crippen LogP contribution < -0.4 is 5.73 Å². The molecule has 0 aliphatic heterocycles. The number of rotatable bonds is 1. The molecule has 2 N–H and O–H groups in total. The van der Waals surface area contributed by atoms with Crippen molar-refractivity contribution in [2.24, 2.45) is 0 Å². The molecule has 3 aromatic rings. The molecule has 0 fully saturated rings. The zero-order valence-corrected chi connectivity index (χ0v) is 12.4. The van der Waals surface area contributed by atoms with Crippen LogP contribution in [0, 0.1) is 6.92 Å². The van der Waals surface area contributed by atoms with Crippen molar-refractivity contribution >= 4 is 44.6 Å². The topological polar surface area (TPSA) is 56.7 Å². The third-order valence-corrected chi connectivity index (χ3v) is 3.72. The first kappa shape index (κ1) is 12.4. The lowest BCUT2D eigenvalue weighted by atomic mass is 10.3. The molecular weight excluding hydrogens is 328 g/mol. The van der Waals surface area contributed by atoms with Gasteiger partial charge in [0.15, 0.2) is 5.65 Å². The Morgan fingerprint density at radius 2 is 2.00 bits per heavy atom. The van der Waals surface area contributed by atoms with E-state index in [9.17, 15) is 0 Å². The van der Waals surface area contributed by atoms with Crippen LogP contribution in [0.1, 0.15) is 5.69 Å². The van der Waals surface area contributed by atoms with Crippen LogP contribution in [0.2, 0.25) is 5.02 Å². The fourth-order valence-corrected chi connectivity index (χ4v) is 2.55. The second-order valence-corrected chi connectivity index (χ2v) is 5.49. The van der Waals surface area contributed by atoms with Crippen LogP contribution in [0.25, 0.3) is 16.9 Å². The van der Waals surface area contributed by atoms with Crippen molar-refractivity contribution in [2.45, 2.75) is 6.92 Å². The van der Waals surface area contributed by atoms with Crippen LogP contribution >= 0.6 is 27.5 Å². The highest BCUT2D eigenvalue weighted by Gasteiger charge is 2.14. The highest BCUT2D eigenvalue weighted by atomic mass is 79.9. The minimum atomic E-state index is 0.385. The van der Waals surface area contributed by atoms with E-state index in [1.54, 1.807) is 4.57 Å².